The Morgan fingerprint density at radius 1 is 1.53 bits per heavy atom. The maximum atomic E-state index is 12.5. The Morgan fingerprint density at radius 3 is 3.00 bits per heavy atom. The van der Waals surface area contributed by atoms with Crippen LogP contribution in [0.15, 0.2) is 18.2 Å². The average Bonchev–Trinajstić information content (AvgIpc) is 2.39. The second-order valence-electron chi connectivity index (χ2n) is 5.22. The van der Waals surface area contributed by atoms with E-state index in [-0.39, 0.29) is 5.91 Å². The molecule has 1 aliphatic heterocycles. The average molecular weight is 345 g/mol. The van der Waals surface area contributed by atoms with Crippen LogP contribution in [-0.2, 0) is 0 Å². The molecule has 1 aromatic carbocycles. The van der Waals surface area contributed by atoms with Crippen molar-refractivity contribution in [1.82, 2.24) is 4.90 Å². The molecule has 4 heteroatoms. The van der Waals surface area contributed by atoms with Crippen molar-refractivity contribution in [3.8, 4) is 0 Å². The molecule has 1 aliphatic rings. The fraction of sp³-hybridized carbons (Fsp3) is 0.533. The molecule has 1 saturated heterocycles. The van der Waals surface area contributed by atoms with Crippen LogP contribution >= 0.6 is 27.5 Å². The van der Waals surface area contributed by atoms with Gasteiger partial charge in [-0.15, -0.1) is 0 Å². The highest BCUT2D eigenvalue weighted by atomic mass is 79.9. The summed E-state index contributed by atoms with van der Waals surface area (Å²) in [5, 5.41) is 1.57. The number of halogens is 2. The van der Waals surface area contributed by atoms with Crippen LogP contribution in [0.4, 0.5) is 0 Å². The van der Waals surface area contributed by atoms with Crippen LogP contribution in [0.1, 0.15) is 35.2 Å². The van der Waals surface area contributed by atoms with Gasteiger partial charge in [-0.3, -0.25) is 4.79 Å². The molecule has 2 rings (SSSR count). The number of amides is 1. The molecule has 1 aromatic rings. The standard InChI is InChI=1S/C15H19BrClNO/c1-11-4-5-13(14(17)9-11)15(19)18-8-2-3-12(10-18)6-7-16/h4-5,9,12H,2-3,6-8,10H2,1H3. The normalized spacial score (nSPS) is 19.5. The lowest BCUT2D eigenvalue weighted by atomic mass is 9.95. The number of likely N-dealkylation sites (tertiary alicyclic amines) is 1. The van der Waals surface area contributed by atoms with E-state index in [4.69, 9.17) is 11.6 Å². The third-order valence-corrected chi connectivity index (χ3v) is 4.45. The number of benzene rings is 1. The quantitative estimate of drug-likeness (QED) is 0.749. The maximum absolute atomic E-state index is 12.5. The van der Waals surface area contributed by atoms with Crippen molar-refractivity contribution in [3.63, 3.8) is 0 Å². The molecule has 2 nitrogen and oxygen atoms in total. The van der Waals surface area contributed by atoms with Crippen molar-refractivity contribution >= 4 is 33.4 Å². The summed E-state index contributed by atoms with van der Waals surface area (Å²) in [6, 6.07) is 5.64. The molecule has 0 saturated carbocycles. The Kier molecular flexibility index (Phi) is 5.28. The van der Waals surface area contributed by atoms with E-state index >= 15 is 0 Å². The summed E-state index contributed by atoms with van der Waals surface area (Å²) in [6.07, 6.45) is 3.44. The van der Waals surface area contributed by atoms with Gasteiger partial charge in [0.2, 0.25) is 0 Å². The van der Waals surface area contributed by atoms with Crippen molar-refractivity contribution in [2.45, 2.75) is 26.2 Å². The number of piperidine rings is 1. The summed E-state index contributed by atoms with van der Waals surface area (Å²) in [5.74, 6) is 0.686. The van der Waals surface area contributed by atoms with Crippen LogP contribution in [0.25, 0.3) is 0 Å². The van der Waals surface area contributed by atoms with Crippen LogP contribution in [0.2, 0.25) is 5.02 Å². The van der Waals surface area contributed by atoms with Gasteiger partial charge in [0.25, 0.3) is 5.91 Å². The zero-order valence-corrected chi connectivity index (χ0v) is 13.5. The topological polar surface area (TPSA) is 20.3 Å². The van der Waals surface area contributed by atoms with Gasteiger partial charge < -0.3 is 4.90 Å². The first kappa shape index (κ1) is 14.9. The van der Waals surface area contributed by atoms with Crippen LogP contribution in [0.3, 0.4) is 0 Å². The van der Waals surface area contributed by atoms with Gasteiger partial charge >= 0.3 is 0 Å². The van der Waals surface area contributed by atoms with Crippen molar-refractivity contribution in [1.29, 1.82) is 0 Å². The predicted octanol–water partition coefficient (Wildman–Crippen LogP) is 4.29. The van der Waals surface area contributed by atoms with Crippen molar-refractivity contribution in [2.75, 3.05) is 18.4 Å². The fourth-order valence-corrected chi connectivity index (χ4v) is 3.57. The summed E-state index contributed by atoms with van der Waals surface area (Å²) in [5.41, 5.74) is 1.71. The molecule has 0 aromatic heterocycles. The Morgan fingerprint density at radius 2 is 2.32 bits per heavy atom. The van der Waals surface area contributed by atoms with Gasteiger partial charge in [0.1, 0.15) is 0 Å². The largest absolute Gasteiger partial charge is 0.338 e. The van der Waals surface area contributed by atoms with Crippen molar-refractivity contribution < 1.29 is 4.79 Å². The Balaban J connectivity index is 2.10. The Bertz CT molecular complexity index is 461. The van der Waals surface area contributed by atoms with E-state index in [1.54, 1.807) is 0 Å². The van der Waals surface area contributed by atoms with Gasteiger partial charge in [0.05, 0.1) is 10.6 Å². The molecule has 0 radical (unpaired) electrons. The van der Waals surface area contributed by atoms with Crippen molar-refractivity contribution in [3.05, 3.63) is 34.3 Å². The number of carbonyl (C=O) groups is 1. The van der Waals surface area contributed by atoms with E-state index in [9.17, 15) is 4.79 Å². The molecule has 0 spiro atoms. The summed E-state index contributed by atoms with van der Waals surface area (Å²) < 4.78 is 0. The smallest absolute Gasteiger partial charge is 0.255 e. The van der Waals surface area contributed by atoms with Crippen LogP contribution in [0, 0.1) is 12.8 Å². The lowest BCUT2D eigenvalue weighted by Gasteiger charge is -2.32. The Hall–Kier alpha value is -0.540. The van der Waals surface area contributed by atoms with E-state index in [0.29, 0.717) is 16.5 Å². The number of nitrogens with zero attached hydrogens (tertiary/aromatic N) is 1. The molecule has 1 atom stereocenters. The first-order valence-electron chi connectivity index (χ1n) is 6.73. The van der Waals surface area contributed by atoms with Gasteiger partial charge in [0.15, 0.2) is 0 Å². The molecule has 0 N–H and O–H groups in total. The van der Waals surface area contributed by atoms with Crippen molar-refractivity contribution in [2.24, 2.45) is 5.92 Å². The molecule has 0 bridgehead atoms. The minimum Gasteiger partial charge on any atom is -0.338 e. The van der Waals surface area contributed by atoms with Gasteiger partial charge in [-0.2, -0.15) is 0 Å². The number of aryl methyl sites for hydroxylation is 1. The highest BCUT2D eigenvalue weighted by molar-refractivity contribution is 9.09. The summed E-state index contributed by atoms with van der Waals surface area (Å²) in [7, 11) is 0. The third kappa shape index (κ3) is 3.73. The van der Waals surface area contributed by atoms with Gasteiger partial charge in [-0.25, -0.2) is 0 Å². The fourth-order valence-electron chi connectivity index (χ4n) is 2.60. The number of alkyl halides is 1. The number of rotatable bonds is 3. The first-order valence-corrected chi connectivity index (χ1v) is 8.23. The molecule has 0 aliphatic carbocycles. The van der Waals surface area contributed by atoms with E-state index in [0.717, 1.165) is 36.8 Å². The minimum atomic E-state index is 0.0734. The molecule has 1 amide bonds. The van der Waals surface area contributed by atoms with E-state index in [1.165, 1.54) is 6.42 Å². The lowest BCUT2D eigenvalue weighted by Crippen LogP contribution is -2.40. The second kappa shape index (κ2) is 6.76. The second-order valence-corrected chi connectivity index (χ2v) is 6.42. The van der Waals surface area contributed by atoms with E-state index in [2.05, 4.69) is 15.9 Å². The highest BCUT2D eigenvalue weighted by Crippen LogP contribution is 2.24. The monoisotopic (exact) mass is 343 g/mol. The summed E-state index contributed by atoms with van der Waals surface area (Å²) >= 11 is 9.67. The van der Waals surface area contributed by atoms with Crippen LogP contribution in [-0.4, -0.2) is 29.2 Å². The molecule has 1 heterocycles. The lowest BCUT2D eigenvalue weighted by molar-refractivity contribution is 0.0672. The molecule has 19 heavy (non-hydrogen) atoms. The van der Waals surface area contributed by atoms with Crippen LogP contribution in [0.5, 0.6) is 0 Å². The van der Waals surface area contributed by atoms with E-state index < -0.39 is 0 Å². The third-order valence-electron chi connectivity index (χ3n) is 3.68. The van der Waals surface area contributed by atoms with E-state index in [1.807, 2.05) is 30.0 Å². The Labute approximate surface area is 128 Å². The van der Waals surface area contributed by atoms with Crippen LogP contribution < -0.4 is 0 Å². The molecule has 1 fully saturated rings. The minimum absolute atomic E-state index is 0.0734. The number of hydrogen-bond acceptors (Lipinski definition) is 1. The highest BCUT2D eigenvalue weighted by Gasteiger charge is 2.25. The SMILES string of the molecule is Cc1ccc(C(=O)N2CCCC(CCBr)C2)c(Cl)c1. The number of carbonyl (C=O) groups excluding carboxylic acids is 1. The zero-order chi connectivity index (χ0) is 13.8. The zero-order valence-electron chi connectivity index (χ0n) is 11.2. The summed E-state index contributed by atoms with van der Waals surface area (Å²) in [6.45, 7) is 3.68. The molecule has 1 unspecified atom stereocenters. The molecular weight excluding hydrogens is 326 g/mol. The number of hydrogen-bond donors (Lipinski definition) is 0. The predicted molar refractivity (Wildman–Crippen MR) is 83.2 cm³/mol. The first-order chi connectivity index (χ1) is 9.11. The molecule has 104 valence electrons. The maximum Gasteiger partial charge on any atom is 0.255 e. The van der Waals surface area contributed by atoms with Gasteiger partial charge in [-0.1, -0.05) is 33.6 Å². The van der Waals surface area contributed by atoms with Gasteiger partial charge in [-0.05, 0) is 49.8 Å². The van der Waals surface area contributed by atoms with Gasteiger partial charge in [0, 0.05) is 18.4 Å². The summed E-state index contributed by atoms with van der Waals surface area (Å²) in [4.78, 5) is 14.5. The molecular formula is C15H19BrClNO.